The summed E-state index contributed by atoms with van der Waals surface area (Å²) >= 11 is 0. The van der Waals surface area contributed by atoms with Crippen molar-refractivity contribution >= 4 is 36.1 Å². The first-order valence-electron chi connectivity index (χ1n) is 23.8. The summed E-state index contributed by atoms with van der Waals surface area (Å²) in [5.41, 5.74) is 3.61. The summed E-state index contributed by atoms with van der Waals surface area (Å²) in [6, 6.07) is 31.6. The van der Waals surface area contributed by atoms with Crippen LogP contribution >= 0.6 is 12.4 Å². The van der Waals surface area contributed by atoms with E-state index in [4.69, 9.17) is 23.7 Å². The number of carboxylic acids is 1. The van der Waals surface area contributed by atoms with Gasteiger partial charge in [0.25, 0.3) is 0 Å². The maximum absolute atomic E-state index is 12.4. The van der Waals surface area contributed by atoms with Crippen LogP contribution in [0.5, 0.6) is 0 Å². The van der Waals surface area contributed by atoms with E-state index in [-0.39, 0.29) is 65.6 Å². The summed E-state index contributed by atoms with van der Waals surface area (Å²) in [6.07, 6.45) is 6.32. The molecule has 0 aromatic heterocycles. The minimum atomic E-state index is -0.673. The molecule has 0 unspecified atom stereocenters. The topological polar surface area (TPSA) is 153 Å². The Labute approximate surface area is 397 Å². The molecule has 6 aliphatic rings. The number of carboxylic acid groups (broad SMARTS) is 1. The fraction of sp³-hybridized carbons (Fsp3) is 0.558. The van der Waals surface area contributed by atoms with E-state index in [9.17, 15) is 24.3 Å². The molecule has 6 aliphatic heterocycles. The maximum atomic E-state index is 12.4. The number of carbonyl (C=O) groups excluding carboxylic acids is 3. The molecule has 0 radical (unpaired) electrons. The van der Waals surface area contributed by atoms with Gasteiger partial charge in [0.1, 0.15) is 0 Å². The number of halogens is 1. The molecule has 66 heavy (non-hydrogen) atoms. The standard InChI is InChI=1S/C18H25NO3.C16H21NO3.C13H17NO2.C5H7O2.ClH/c1-2-22-18(20)17-13-19(15-8-10-21-11-9-15)12-16(17)14-6-4-3-5-7-14;18-16(19)15-11-17(13-6-8-20-9-7-13)10-14(15)12-4-2-1-3-5-12;1-2-16-13(15)12-9-14-8-11(12)10-6-4-3-5-7-10;6-5-1-3-7-4-2-5;/h3-7,15-17H,2,8-13H2,1H3;1-5,13-15H,6-11H2,(H,18,19);3-7,11-12,14H,2,8-9H2,1H3;1H,2-4H2;1H/q;;;+1;/t16-,17+;14-,15+;11-,12+;;/m000../s1. The van der Waals surface area contributed by atoms with Crippen molar-refractivity contribution in [2.45, 2.75) is 75.8 Å². The lowest BCUT2D eigenvalue weighted by molar-refractivity contribution is -0.148. The first kappa shape index (κ1) is 52.6. The van der Waals surface area contributed by atoms with Crippen LogP contribution in [0.25, 0.3) is 0 Å². The van der Waals surface area contributed by atoms with Gasteiger partial charge in [0.2, 0.25) is 0 Å². The summed E-state index contributed by atoms with van der Waals surface area (Å²) in [4.78, 5) is 50.9. The summed E-state index contributed by atoms with van der Waals surface area (Å²) in [6.45, 7) is 13.9. The highest BCUT2D eigenvalue weighted by Crippen LogP contribution is 2.37. The number of carbonyl (C=O) groups is 4. The molecule has 0 bridgehead atoms. The van der Waals surface area contributed by atoms with Gasteiger partial charge in [0.15, 0.2) is 13.0 Å². The Morgan fingerprint density at radius 2 is 1.05 bits per heavy atom. The fourth-order valence-electron chi connectivity index (χ4n) is 9.92. The Morgan fingerprint density at radius 1 is 0.606 bits per heavy atom. The largest absolute Gasteiger partial charge is 0.481 e. The van der Waals surface area contributed by atoms with E-state index < -0.39 is 5.97 Å². The van der Waals surface area contributed by atoms with Crippen molar-refractivity contribution in [3.8, 4) is 0 Å². The third-order valence-electron chi connectivity index (χ3n) is 13.4. The molecular weight excluding hydrogens is 862 g/mol. The second-order valence-corrected chi connectivity index (χ2v) is 17.5. The fourth-order valence-corrected chi connectivity index (χ4v) is 9.92. The normalized spacial score (nSPS) is 25.8. The molecule has 360 valence electrons. The summed E-state index contributed by atoms with van der Waals surface area (Å²) in [5, 5.41) is 12.8. The Morgan fingerprint density at radius 3 is 1.45 bits per heavy atom. The predicted octanol–water partition coefficient (Wildman–Crippen LogP) is 6.56. The van der Waals surface area contributed by atoms with Crippen LogP contribution in [0.1, 0.15) is 80.4 Å². The van der Waals surface area contributed by atoms with Gasteiger partial charge in [-0.2, -0.15) is 0 Å². The van der Waals surface area contributed by atoms with Gasteiger partial charge in [-0.05, 0) is 56.2 Å². The highest BCUT2D eigenvalue weighted by Gasteiger charge is 2.43. The summed E-state index contributed by atoms with van der Waals surface area (Å²) in [7, 11) is 0. The van der Waals surface area contributed by atoms with Crippen molar-refractivity contribution < 1.29 is 48.0 Å². The molecule has 6 fully saturated rings. The number of esters is 2. The number of hydrogen-bond acceptors (Lipinski definition) is 12. The summed E-state index contributed by atoms with van der Waals surface area (Å²) in [5.74, 6) is -0.375. The molecule has 0 amide bonds. The number of nitrogens with zero attached hydrogens (tertiary/aromatic N) is 2. The van der Waals surface area contributed by atoms with E-state index in [1.54, 1.807) is 6.42 Å². The molecule has 6 atom stereocenters. The molecule has 0 spiro atoms. The number of hydrogen-bond donors (Lipinski definition) is 2. The van der Waals surface area contributed by atoms with Crippen LogP contribution in [0.3, 0.4) is 0 Å². The maximum Gasteiger partial charge on any atom is 0.310 e. The number of Topliss-reactive ketones (excluding diaryl/α,β-unsaturated/α-hetero) is 1. The zero-order chi connectivity index (χ0) is 45.8. The van der Waals surface area contributed by atoms with Gasteiger partial charge in [-0.1, -0.05) is 91.0 Å². The predicted molar refractivity (Wildman–Crippen MR) is 255 cm³/mol. The molecule has 3 aromatic carbocycles. The van der Waals surface area contributed by atoms with E-state index in [1.807, 2.05) is 68.4 Å². The van der Waals surface area contributed by atoms with Crippen molar-refractivity contribution in [2.24, 2.45) is 17.8 Å². The second-order valence-electron chi connectivity index (χ2n) is 17.5. The molecule has 6 saturated heterocycles. The van der Waals surface area contributed by atoms with Gasteiger partial charge < -0.3 is 34.1 Å². The van der Waals surface area contributed by atoms with Crippen LogP contribution in [0.15, 0.2) is 91.0 Å². The first-order valence-corrected chi connectivity index (χ1v) is 23.8. The Bertz CT molecular complexity index is 1870. The van der Waals surface area contributed by atoms with Crippen molar-refractivity contribution in [3.63, 3.8) is 0 Å². The molecule has 13 nitrogen and oxygen atoms in total. The minimum absolute atomic E-state index is 0. The molecule has 9 rings (SSSR count). The highest BCUT2D eigenvalue weighted by molar-refractivity contribution is 5.87. The van der Waals surface area contributed by atoms with Crippen molar-refractivity contribution in [2.75, 3.05) is 92.1 Å². The smallest absolute Gasteiger partial charge is 0.310 e. The number of ketones is 1. The third kappa shape index (κ3) is 15.3. The van der Waals surface area contributed by atoms with Gasteiger partial charge in [-0.25, -0.2) is 4.79 Å². The molecule has 2 N–H and O–H groups in total. The number of nitrogens with one attached hydrogen (secondary N) is 1. The van der Waals surface area contributed by atoms with Gasteiger partial charge in [-0.15, -0.1) is 12.4 Å². The second kappa shape index (κ2) is 28.1. The SMILES string of the molecule is CCOC(=O)[C@@H]1CN(C2CCOCC2)C[C@H]1c1ccccc1.CCOC(=O)[C@@H]1CNC[C@H]1c1ccccc1.Cl.O=C(O)[C@@H]1CN(C2CCOCC2)C[C@H]1c1ccccc1.O=C1[CH+]COCC1. The van der Waals surface area contributed by atoms with Gasteiger partial charge >= 0.3 is 23.7 Å². The molecular formula is C52H71ClN3O10+. The monoisotopic (exact) mass is 932 g/mol. The lowest BCUT2D eigenvalue weighted by Crippen LogP contribution is -2.38. The van der Waals surface area contributed by atoms with Gasteiger partial charge in [0, 0.05) is 95.5 Å². The number of rotatable bonds is 10. The van der Waals surface area contributed by atoms with Crippen LogP contribution < -0.4 is 5.32 Å². The van der Waals surface area contributed by atoms with Crippen LogP contribution in [0.2, 0.25) is 0 Å². The molecule has 6 heterocycles. The average molecular weight is 934 g/mol. The van der Waals surface area contributed by atoms with E-state index in [1.165, 1.54) is 11.1 Å². The van der Waals surface area contributed by atoms with Gasteiger partial charge in [-0.3, -0.25) is 24.2 Å². The van der Waals surface area contributed by atoms with E-state index in [0.29, 0.717) is 51.5 Å². The lowest BCUT2D eigenvalue weighted by atomic mass is 9.89. The van der Waals surface area contributed by atoms with Crippen LogP contribution in [0.4, 0.5) is 0 Å². The van der Waals surface area contributed by atoms with Crippen molar-refractivity contribution in [1.82, 2.24) is 15.1 Å². The van der Waals surface area contributed by atoms with E-state index in [0.717, 1.165) is 90.4 Å². The number of benzene rings is 3. The molecule has 3 aromatic rings. The molecule has 0 saturated carbocycles. The zero-order valence-electron chi connectivity index (χ0n) is 38.7. The van der Waals surface area contributed by atoms with Gasteiger partial charge in [0.05, 0.1) is 44.0 Å². The molecule has 0 aliphatic carbocycles. The third-order valence-corrected chi connectivity index (χ3v) is 13.4. The van der Waals surface area contributed by atoms with Crippen LogP contribution in [0, 0.1) is 24.2 Å². The number of likely N-dealkylation sites (tertiary alicyclic amines) is 2. The zero-order valence-corrected chi connectivity index (χ0v) is 39.5. The van der Waals surface area contributed by atoms with Crippen molar-refractivity contribution in [3.05, 3.63) is 114 Å². The Balaban J connectivity index is 0.000000173. The average Bonchev–Trinajstić information content (AvgIpc) is 4.15. The minimum Gasteiger partial charge on any atom is -0.481 e. The number of ether oxygens (including phenoxy) is 5. The molecule has 14 heteroatoms. The van der Waals surface area contributed by atoms with Crippen LogP contribution in [-0.2, 0) is 42.9 Å². The highest BCUT2D eigenvalue weighted by atomic mass is 35.5. The van der Waals surface area contributed by atoms with E-state index >= 15 is 0 Å². The quantitative estimate of drug-likeness (QED) is 0.167. The Kier molecular flexibility index (Phi) is 22.4. The summed E-state index contributed by atoms with van der Waals surface area (Å²) < 4.78 is 26.2. The Hall–Kier alpha value is -4.34. The first-order chi connectivity index (χ1) is 31.8. The van der Waals surface area contributed by atoms with Crippen LogP contribution in [-0.4, -0.2) is 143 Å². The van der Waals surface area contributed by atoms with E-state index in [2.05, 4.69) is 51.5 Å². The lowest BCUT2D eigenvalue weighted by Gasteiger charge is -2.31. The van der Waals surface area contributed by atoms with Crippen molar-refractivity contribution in [1.29, 1.82) is 0 Å². The number of aliphatic carboxylic acids is 1.